The summed E-state index contributed by atoms with van der Waals surface area (Å²) >= 11 is 0. The topological polar surface area (TPSA) is 101 Å². The molecule has 0 saturated heterocycles. The Morgan fingerprint density at radius 3 is 2.48 bits per heavy atom. The summed E-state index contributed by atoms with van der Waals surface area (Å²) in [6, 6.07) is 22.4. The molecule has 0 aliphatic carbocycles. The number of carbonyl (C=O) groups excluding carboxylic acids is 1. The standard InChI is InChI=1S/C25H18N4O4/c26-23-21(25(30)31-13-15-6-2-1-3-7-15)22-24(28-18-9-5-4-8-17(18)27-22)29(23)16-10-11-19-20(12-16)33-14-32-19/h1-12H,13-14,26H2. The van der Waals surface area contributed by atoms with Gasteiger partial charge in [-0.25, -0.2) is 14.8 Å². The molecule has 8 heteroatoms. The van der Waals surface area contributed by atoms with E-state index in [1.807, 2.05) is 60.7 Å². The predicted octanol–water partition coefficient (Wildman–Crippen LogP) is 4.24. The molecule has 1 aliphatic rings. The minimum Gasteiger partial charge on any atom is -0.457 e. The molecule has 0 saturated carbocycles. The van der Waals surface area contributed by atoms with Crippen molar-refractivity contribution in [2.24, 2.45) is 0 Å². The van der Waals surface area contributed by atoms with Crippen molar-refractivity contribution in [2.45, 2.75) is 6.61 Å². The van der Waals surface area contributed by atoms with Gasteiger partial charge in [0.1, 0.15) is 23.5 Å². The number of benzene rings is 3. The van der Waals surface area contributed by atoms with E-state index in [0.717, 1.165) is 5.56 Å². The quantitative estimate of drug-likeness (QED) is 0.419. The Labute approximate surface area is 188 Å². The van der Waals surface area contributed by atoms with Gasteiger partial charge in [0.15, 0.2) is 17.1 Å². The third-order valence-corrected chi connectivity index (χ3v) is 5.53. The van der Waals surface area contributed by atoms with Crippen molar-refractivity contribution in [3.8, 4) is 17.2 Å². The third kappa shape index (κ3) is 3.20. The lowest BCUT2D eigenvalue weighted by Crippen LogP contribution is -2.09. The Bertz CT molecular complexity index is 1530. The summed E-state index contributed by atoms with van der Waals surface area (Å²) in [7, 11) is 0. The van der Waals surface area contributed by atoms with Crippen LogP contribution in [-0.4, -0.2) is 27.3 Å². The minimum absolute atomic E-state index is 0.122. The Kier molecular flexibility index (Phi) is 4.36. The number of anilines is 1. The highest BCUT2D eigenvalue weighted by atomic mass is 16.7. The first-order valence-corrected chi connectivity index (χ1v) is 10.4. The zero-order valence-electron chi connectivity index (χ0n) is 17.4. The molecule has 3 heterocycles. The maximum atomic E-state index is 13.2. The van der Waals surface area contributed by atoms with Crippen LogP contribution in [0, 0.1) is 0 Å². The maximum Gasteiger partial charge on any atom is 0.344 e. The summed E-state index contributed by atoms with van der Waals surface area (Å²) in [6.07, 6.45) is 0. The minimum atomic E-state index is -0.564. The van der Waals surface area contributed by atoms with Crippen molar-refractivity contribution in [1.82, 2.24) is 14.5 Å². The van der Waals surface area contributed by atoms with Gasteiger partial charge in [0, 0.05) is 6.07 Å². The Hall–Kier alpha value is -4.59. The number of hydrogen-bond donors (Lipinski definition) is 1. The molecule has 33 heavy (non-hydrogen) atoms. The molecule has 0 spiro atoms. The van der Waals surface area contributed by atoms with Crippen LogP contribution in [0.4, 0.5) is 5.82 Å². The third-order valence-electron chi connectivity index (χ3n) is 5.53. The highest BCUT2D eigenvalue weighted by molar-refractivity contribution is 6.09. The lowest BCUT2D eigenvalue weighted by atomic mass is 10.2. The molecule has 6 rings (SSSR count). The molecule has 0 fully saturated rings. The van der Waals surface area contributed by atoms with Crippen LogP contribution in [0.1, 0.15) is 15.9 Å². The number of carbonyl (C=O) groups is 1. The fourth-order valence-electron chi connectivity index (χ4n) is 3.94. The number of esters is 1. The van der Waals surface area contributed by atoms with Gasteiger partial charge in [-0.15, -0.1) is 0 Å². The summed E-state index contributed by atoms with van der Waals surface area (Å²) in [6.45, 7) is 0.277. The number of fused-ring (bicyclic) bond motifs is 3. The normalized spacial score (nSPS) is 12.4. The van der Waals surface area contributed by atoms with E-state index < -0.39 is 5.97 Å². The van der Waals surface area contributed by atoms with Crippen molar-refractivity contribution in [3.05, 3.63) is 83.9 Å². The summed E-state index contributed by atoms with van der Waals surface area (Å²) in [4.78, 5) is 22.7. The second-order valence-electron chi connectivity index (χ2n) is 7.58. The van der Waals surface area contributed by atoms with Crippen molar-refractivity contribution in [2.75, 3.05) is 12.5 Å². The molecular formula is C25H18N4O4. The van der Waals surface area contributed by atoms with Crippen molar-refractivity contribution >= 4 is 34.0 Å². The molecule has 3 aromatic carbocycles. The first-order chi connectivity index (χ1) is 16.2. The van der Waals surface area contributed by atoms with Gasteiger partial charge in [0.05, 0.1) is 16.7 Å². The van der Waals surface area contributed by atoms with Crippen LogP contribution >= 0.6 is 0 Å². The van der Waals surface area contributed by atoms with Crippen LogP contribution in [0.2, 0.25) is 0 Å². The van der Waals surface area contributed by atoms with Crippen molar-refractivity contribution < 1.29 is 19.0 Å². The van der Waals surface area contributed by atoms with E-state index in [4.69, 9.17) is 29.9 Å². The van der Waals surface area contributed by atoms with E-state index in [-0.39, 0.29) is 24.8 Å². The number of ether oxygens (including phenoxy) is 3. The van der Waals surface area contributed by atoms with Crippen molar-refractivity contribution in [3.63, 3.8) is 0 Å². The van der Waals surface area contributed by atoms with Gasteiger partial charge in [-0.3, -0.25) is 4.57 Å². The van der Waals surface area contributed by atoms with Crippen molar-refractivity contribution in [1.29, 1.82) is 0 Å². The first-order valence-electron chi connectivity index (χ1n) is 10.4. The van der Waals surface area contributed by atoms with Crippen LogP contribution in [0.3, 0.4) is 0 Å². The molecular weight excluding hydrogens is 420 g/mol. The second-order valence-corrected chi connectivity index (χ2v) is 7.58. The number of aromatic nitrogens is 3. The molecule has 5 aromatic rings. The fourth-order valence-corrected chi connectivity index (χ4v) is 3.94. The van der Waals surface area contributed by atoms with Gasteiger partial charge in [0.25, 0.3) is 0 Å². The van der Waals surface area contributed by atoms with Crippen LogP contribution < -0.4 is 15.2 Å². The van der Waals surface area contributed by atoms with E-state index in [1.54, 1.807) is 16.7 Å². The number of nitrogens with zero attached hydrogens (tertiary/aromatic N) is 3. The number of hydrogen-bond acceptors (Lipinski definition) is 7. The van der Waals surface area contributed by atoms with Crippen LogP contribution in [0.5, 0.6) is 11.5 Å². The summed E-state index contributed by atoms with van der Waals surface area (Å²) in [5, 5.41) is 0. The van der Waals surface area contributed by atoms with Gasteiger partial charge in [0.2, 0.25) is 6.79 Å². The zero-order valence-corrected chi connectivity index (χ0v) is 17.4. The number of nitrogen functional groups attached to an aromatic ring is 1. The maximum absolute atomic E-state index is 13.2. The highest BCUT2D eigenvalue weighted by Gasteiger charge is 2.27. The Morgan fingerprint density at radius 2 is 1.67 bits per heavy atom. The van der Waals surface area contributed by atoms with Gasteiger partial charge in [-0.2, -0.15) is 0 Å². The molecule has 0 unspecified atom stereocenters. The molecule has 0 bridgehead atoms. The molecule has 2 N–H and O–H groups in total. The summed E-state index contributed by atoms with van der Waals surface area (Å²) in [5.41, 5.74) is 10.4. The Balaban J connectivity index is 1.52. The van der Waals surface area contributed by atoms with Gasteiger partial charge >= 0.3 is 5.97 Å². The SMILES string of the molecule is Nc1c(C(=O)OCc2ccccc2)c2nc3ccccc3nc2n1-c1ccc2c(c1)OCO2. The molecule has 0 atom stereocenters. The van der Waals surface area contributed by atoms with Gasteiger partial charge in [-0.1, -0.05) is 42.5 Å². The van der Waals surface area contributed by atoms with E-state index in [2.05, 4.69) is 0 Å². The van der Waals surface area contributed by atoms with E-state index in [0.29, 0.717) is 39.4 Å². The summed E-state index contributed by atoms with van der Waals surface area (Å²) < 4.78 is 18.2. The zero-order chi connectivity index (χ0) is 22.4. The average molecular weight is 438 g/mol. The van der Waals surface area contributed by atoms with E-state index >= 15 is 0 Å². The fraction of sp³-hybridized carbons (Fsp3) is 0.0800. The van der Waals surface area contributed by atoms with Crippen LogP contribution in [0.25, 0.3) is 27.9 Å². The molecule has 1 aliphatic heterocycles. The predicted molar refractivity (Wildman–Crippen MR) is 122 cm³/mol. The molecule has 8 nitrogen and oxygen atoms in total. The van der Waals surface area contributed by atoms with Crippen LogP contribution in [0.15, 0.2) is 72.8 Å². The molecule has 0 amide bonds. The second kappa shape index (κ2) is 7.52. The molecule has 162 valence electrons. The van der Waals surface area contributed by atoms with E-state index in [9.17, 15) is 4.79 Å². The lowest BCUT2D eigenvalue weighted by molar-refractivity contribution is 0.0476. The molecule has 0 radical (unpaired) electrons. The molecule has 2 aromatic heterocycles. The number of nitrogens with two attached hydrogens (primary N) is 1. The van der Waals surface area contributed by atoms with Gasteiger partial charge in [-0.05, 0) is 29.8 Å². The number of rotatable bonds is 4. The average Bonchev–Trinajstić information content (AvgIpc) is 3.42. The smallest absolute Gasteiger partial charge is 0.344 e. The first kappa shape index (κ1) is 19.1. The van der Waals surface area contributed by atoms with Gasteiger partial charge < -0.3 is 19.9 Å². The monoisotopic (exact) mass is 438 g/mol. The Morgan fingerprint density at radius 1 is 0.939 bits per heavy atom. The summed E-state index contributed by atoms with van der Waals surface area (Å²) in [5.74, 6) is 0.867. The van der Waals surface area contributed by atoms with Crippen LogP contribution in [-0.2, 0) is 11.3 Å². The highest BCUT2D eigenvalue weighted by Crippen LogP contribution is 2.37. The number of para-hydroxylation sites is 2. The lowest BCUT2D eigenvalue weighted by Gasteiger charge is -2.09. The largest absolute Gasteiger partial charge is 0.457 e. The van der Waals surface area contributed by atoms with E-state index in [1.165, 1.54) is 0 Å².